The Balaban J connectivity index is 1.22. The monoisotopic (exact) mass is 525 g/mol. The lowest BCUT2D eigenvalue weighted by molar-refractivity contribution is 1.29. The van der Waals surface area contributed by atoms with E-state index in [0.717, 1.165) is 17.1 Å². The predicted molar refractivity (Wildman–Crippen MR) is 178 cm³/mol. The third-order valence-corrected chi connectivity index (χ3v) is 8.19. The highest BCUT2D eigenvalue weighted by Gasteiger charge is 2.12. The minimum atomic E-state index is 1.14. The van der Waals surface area contributed by atoms with Crippen LogP contribution in [0.1, 0.15) is 22.3 Å². The van der Waals surface area contributed by atoms with Gasteiger partial charge < -0.3 is 4.90 Å². The summed E-state index contributed by atoms with van der Waals surface area (Å²) in [5.74, 6) is 0. The zero-order valence-electron chi connectivity index (χ0n) is 23.4. The van der Waals surface area contributed by atoms with Crippen molar-refractivity contribution in [2.24, 2.45) is 0 Å². The second-order valence-corrected chi connectivity index (χ2v) is 10.7. The van der Waals surface area contributed by atoms with Crippen molar-refractivity contribution in [2.75, 3.05) is 4.90 Å². The number of rotatable bonds is 5. The van der Waals surface area contributed by atoms with Gasteiger partial charge in [0.15, 0.2) is 0 Å². The predicted octanol–water partition coefficient (Wildman–Crippen LogP) is 11.4. The summed E-state index contributed by atoms with van der Waals surface area (Å²) in [4.78, 5) is 2.31. The van der Waals surface area contributed by atoms with Crippen LogP contribution in [0.25, 0.3) is 44.5 Å². The molecular formula is C40H31N. The van der Waals surface area contributed by atoms with E-state index in [2.05, 4.69) is 170 Å². The van der Waals surface area contributed by atoms with E-state index in [1.165, 1.54) is 54.6 Å². The van der Waals surface area contributed by atoms with E-state index in [4.69, 9.17) is 0 Å². The summed E-state index contributed by atoms with van der Waals surface area (Å²) >= 11 is 0. The highest BCUT2D eigenvalue weighted by Crippen LogP contribution is 2.36. The average Bonchev–Trinajstić information content (AvgIpc) is 3.03. The number of para-hydroxylation sites is 2. The first-order chi connectivity index (χ1) is 20.2. The van der Waals surface area contributed by atoms with E-state index in [9.17, 15) is 0 Å². The van der Waals surface area contributed by atoms with Gasteiger partial charge in [-0.05, 0) is 117 Å². The number of hydrogen-bond donors (Lipinski definition) is 0. The molecule has 0 unspecified atom stereocenters. The SMILES string of the molecule is Cc1c2ccccc2c(C)c2cc(C=Cc3ccc4cc(N(c5ccccc5)c5ccccc5)ccc4c3)ccc12. The molecule has 7 rings (SSSR count). The Morgan fingerprint density at radius 2 is 0.878 bits per heavy atom. The molecule has 0 fully saturated rings. The fourth-order valence-corrected chi connectivity index (χ4v) is 6.02. The molecule has 0 aliphatic heterocycles. The fraction of sp³-hybridized carbons (Fsp3) is 0.0500. The van der Waals surface area contributed by atoms with E-state index in [1.54, 1.807) is 0 Å². The maximum absolute atomic E-state index is 2.33. The smallest absolute Gasteiger partial charge is 0.0468 e. The fourth-order valence-electron chi connectivity index (χ4n) is 6.02. The van der Waals surface area contributed by atoms with Gasteiger partial charge in [0.2, 0.25) is 0 Å². The molecule has 0 bridgehead atoms. The summed E-state index contributed by atoms with van der Waals surface area (Å²) in [5, 5.41) is 7.80. The number of fused-ring (bicyclic) bond motifs is 3. The van der Waals surface area contributed by atoms with E-state index in [-0.39, 0.29) is 0 Å². The van der Waals surface area contributed by atoms with E-state index >= 15 is 0 Å². The second kappa shape index (κ2) is 10.4. The van der Waals surface area contributed by atoms with Crippen molar-refractivity contribution in [3.63, 3.8) is 0 Å². The van der Waals surface area contributed by atoms with Crippen molar-refractivity contribution in [2.45, 2.75) is 13.8 Å². The topological polar surface area (TPSA) is 3.24 Å². The van der Waals surface area contributed by atoms with Gasteiger partial charge in [-0.2, -0.15) is 0 Å². The first kappa shape index (κ1) is 24.9. The molecule has 0 amide bonds. The van der Waals surface area contributed by atoms with Crippen molar-refractivity contribution >= 4 is 61.5 Å². The molecule has 0 aromatic heterocycles. The Hall–Kier alpha value is -5.14. The van der Waals surface area contributed by atoms with Crippen molar-refractivity contribution in [3.8, 4) is 0 Å². The lowest BCUT2D eigenvalue weighted by Gasteiger charge is -2.25. The molecule has 0 saturated carbocycles. The van der Waals surface area contributed by atoms with E-state index in [1.807, 2.05) is 0 Å². The molecule has 0 saturated heterocycles. The maximum Gasteiger partial charge on any atom is 0.0468 e. The van der Waals surface area contributed by atoms with Gasteiger partial charge in [-0.3, -0.25) is 0 Å². The van der Waals surface area contributed by atoms with Crippen molar-refractivity contribution in [1.29, 1.82) is 0 Å². The standard InChI is InChI=1S/C40H31N/c1-28-37-15-9-10-16-38(37)29(2)40-26-31(20-24-39(28)40)18-17-30-19-21-33-27-36(23-22-32(33)25-30)41(34-11-5-3-6-12-34)35-13-7-4-8-14-35/h3-27H,1-2H3. The molecule has 0 heterocycles. The van der Waals surface area contributed by atoms with Crippen molar-refractivity contribution in [1.82, 2.24) is 0 Å². The van der Waals surface area contributed by atoms with Gasteiger partial charge in [0.05, 0.1) is 0 Å². The lowest BCUT2D eigenvalue weighted by Crippen LogP contribution is -2.09. The molecule has 0 radical (unpaired) electrons. The zero-order chi connectivity index (χ0) is 27.8. The second-order valence-electron chi connectivity index (χ2n) is 10.7. The van der Waals surface area contributed by atoms with Crippen molar-refractivity contribution < 1.29 is 0 Å². The molecule has 1 nitrogen and oxygen atoms in total. The highest BCUT2D eigenvalue weighted by molar-refractivity contribution is 6.06. The largest absolute Gasteiger partial charge is 0.310 e. The van der Waals surface area contributed by atoms with Crippen LogP contribution in [0.4, 0.5) is 17.1 Å². The Kier molecular flexibility index (Phi) is 6.34. The van der Waals surface area contributed by atoms with Gasteiger partial charge in [-0.15, -0.1) is 0 Å². The van der Waals surface area contributed by atoms with Crippen molar-refractivity contribution in [3.05, 3.63) is 162 Å². The summed E-state index contributed by atoms with van der Waals surface area (Å²) < 4.78 is 0. The number of benzene rings is 7. The molecule has 0 atom stereocenters. The molecule has 0 spiro atoms. The summed E-state index contributed by atoms with van der Waals surface area (Å²) in [6.45, 7) is 4.48. The Labute approximate surface area is 241 Å². The number of hydrogen-bond acceptors (Lipinski definition) is 1. The van der Waals surface area contributed by atoms with E-state index in [0.29, 0.717) is 0 Å². The minimum absolute atomic E-state index is 1.14. The molecule has 7 aromatic carbocycles. The molecule has 196 valence electrons. The van der Waals surface area contributed by atoms with Crippen LogP contribution in [0, 0.1) is 13.8 Å². The molecule has 0 aliphatic rings. The Bertz CT molecular complexity index is 2010. The third kappa shape index (κ3) is 4.66. The van der Waals surface area contributed by atoms with Crippen LogP contribution in [0.5, 0.6) is 0 Å². The van der Waals surface area contributed by atoms with Gasteiger partial charge in [-0.25, -0.2) is 0 Å². The first-order valence-corrected chi connectivity index (χ1v) is 14.2. The van der Waals surface area contributed by atoms with Crippen LogP contribution in [0.3, 0.4) is 0 Å². The molecular weight excluding hydrogens is 494 g/mol. The van der Waals surface area contributed by atoms with Crippen LogP contribution in [0.2, 0.25) is 0 Å². The Morgan fingerprint density at radius 1 is 0.390 bits per heavy atom. The first-order valence-electron chi connectivity index (χ1n) is 14.2. The number of aryl methyl sites for hydroxylation is 2. The normalized spacial score (nSPS) is 11.6. The summed E-state index contributed by atoms with van der Waals surface area (Å²) in [6, 6.07) is 50.1. The van der Waals surface area contributed by atoms with Gasteiger partial charge in [-0.1, -0.05) is 103 Å². The van der Waals surface area contributed by atoms with Crippen LogP contribution in [-0.2, 0) is 0 Å². The average molecular weight is 526 g/mol. The Morgan fingerprint density at radius 3 is 1.54 bits per heavy atom. The quantitative estimate of drug-likeness (QED) is 0.160. The van der Waals surface area contributed by atoms with Gasteiger partial charge >= 0.3 is 0 Å². The number of anilines is 3. The van der Waals surface area contributed by atoms with Crippen LogP contribution >= 0.6 is 0 Å². The zero-order valence-corrected chi connectivity index (χ0v) is 23.4. The van der Waals surface area contributed by atoms with Crippen LogP contribution in [0.15, 0.2) is 140 Å². The summed E-state index contributed by atoms with van der Waals surface area (Å²) in [6.07, 6.45) is 4.45. The third-order valence-electron chi connectivity index (χ3n) is 8.19. The number of nitrogens with zero attached hydrogens (tertiary/aromatic N) is 1. The van der Waals surface area contributed by atoms with Crippen LogP contribution < -0.4 is 4.90 Å². The van der Waals surface area contributed by atoms with E-state index < -0.39 is 0 Å². The maximum atomic E-state index is 2.33. The highest BCUT2D eigenvalue weighted by atomic mass is 15.1. The van der Waals surface area contributed by atoms with Gasteiger partial charge in [0, 0.05) is 17.1 Å². The molecule has 0 N–H and O–H groups in total. The van der Waals surface area contributed by atoms with Crippen LogP contribution in [-0.4, -0.2) is 0 Å². The summed E-state index contributed by atoms with van der Waals surface area (Å²) in [7, 11) is 0. The van der Waals surface area contributed by atoms with Gasteiger partial charge in [0.25, 0.3) is 0 Å². The lowest BCUT2D eigenvalue weighted by atomic mass is 9.92. The molecule has 1 heteroatoms. The summed E-state index contributed by atoms with van der Waals surface area (Å²) in [5.41, 5.74) is 8.54. The van der Waals surface area contributed by atoms with Gasteiger partial charge in [0.1, 0.15) is 0 Å². The molecule has 7 aromatic rings. The molecule has 41 heavy (non-hydrogen) atoms. The minimum Gasteiger partial charge on any atom is -0.310 e. The molecule has 0 aliphatic carbocycles.